The Hall–Kier alpha value is -3.21. The summed E-state index contributed by atoms with van der Waals surface area (Å²) in [5.41, 5.74) is 1.61. The van der Waals surface area contributed by atoms with Gasteiger partial charge >= 0.3 is 0 Å². The predicted octanol–water partition coefficient (Wildman–Crippen LogP) is 5.62. The second-order valence-electron chi connectivity index (χ2n) is 5.51. The summed E-state index contributed by atoms with van der Waals surface area (Å²) in [5.74, 6) is -0.855. The number of methoxy groups -OCH3 is 1. The largest absolute Gasteiger partial charge is 0.494 e. The van der Waals surface area contributed by atoms with Gasteiger partial charge in [0.25, 0.3) is 0 Å². The molecule has 25 heavy (non-hydrogen) atoms. The summed E-state index contributed by atoms with van der Waals surface area (Å²) in [5, 5.41) is 1.86. The first-order valence-corrected chi connectivity index (χ1v) is 7.65. The Labute approximate surface area is 142 Å². The molecule has 3 aromatic carbocycles. The van der Waals surface area contributed by atoms with Crippen LogP contribution in [0.2, 0.25) is 0 Å². The molecule has 0 N–H and O–H groups in total. The van der Waals surface area contributed by atoms with Gasteiger partial charge < -0.3 is 9.15 Å². The number of hydrogen-bond acceptors (Lipinski definition) is 3. The molecule has 0 saturated heterocycles. The molecule has 0 spiro atoms. The highest BCUT2D eigenvalue weighted by Crippen LogP contribution is 2.37. The van der Waals surface area contributed by atoms with Crippen LogP contribution in [0.3, 0.4) is 0 Å². The minimum Gasteiger partial charge on any atom is -0.494 e. The van der Waals surface area contributed by atoms with Crippen LogP contribution in [0.4, 0.5) is 14.5 Å². The van der Waals surface area contributed by atoms with Gasteiger partial charge in [-0.15, -0.1) is 0 Å². The molecule has 0 radical (unpaired) electrons. The normalized spacial score (nSPS) is 11.6. The van der Waals surface area contributed by atoms with Gasteiger partial charge in [0.05, 0.1) is 12.7 Å². The highest BCUT2D eigenvalue weighted by Gasteiger charge is 2.12. The summed E-state index contributed by atoms with van der Waals surface area (Å²) in [6.45, 7) is 0. The third-order valence-electron chi connectivity index (χ3n) is 4.01. The van der Waals surface area contributed by atoms with Crippen LogP contribution in [0.5, 0.6) is 5.75 Å². The quantitative estimate of drug-likeness (QED) is 0.455. The maximum atomic E-state index is 13.7. The van der Waals surface area contributed by atoms with E-state index in [0.29, 0.717) is 17.0 Å². The van der Waals surface area contributed by atoms with Gasteiger partial charge in [0.1, 0.15) is 34.2 Å². The van der Waals surface area contributed by atoms with E-state index in [1.54, 1.807) is 6.07 Å². The van der Waals surface area contributed by atoms with Crippen LogP contribution in [-0.2, 0) is 0 Å². The molecular formula is C20H13F2NO2. The van der Waals surface area contributed by atoms with Crippen molar-refractivity contribution in [3.05, 3.63) is 71.8 Å². The molecule has 0 aliphatic heterocycles. The molecule has 0 saturated carbocycles. The van der Waals surface area contributed by atoms with Crippen molar-refractivity contribution < 1.29 is 17.9 Å². The summed E-state index contributed by atoms with van der Waals surface area (Å²) in [4.78, 5) is 4.20. The minimum atomic E-state index is -0.674. The fourth-order valence-electron chi connectivity index (χ4n) is 2.77. The van der Waals surface area contributed by atoms with Crippen LogP contribution >= 0.6 is 0 Å². The lowest BCUT2D eigenvalue weighted by Crippen LogP contribution is -1.93. The number of benzene rings is 3. The molecule has 0 aliphatic rings. The van der Waals surface area contributed by atoms with Crippen molar-refractivity contribution in [2.24, 2.45) is 4.99 Å². The fourth-order valence-corrected chi connectivity index (χ4v) is 2.77. The summed E-state index contributed by atoms with van der Waals surface area (Å²) < 4.78 is 38.7. The Kier molecular flexibility index (Phi) is 3.69. The van der Waals surface area contributed by atoms with Crippen LogP contribution in [0.15, 0.2) is 64.0 Å². The Morgan fingerprint density at radius 2 is 1.68 bits per heavy atom. The minimum absolute atomic E-state index is 0.200. The van der Waals surface area contributed by atoms with Crippen LogP contribution < -0.4 is 4.74 Å². The zero-order valence-corrected chi connectivity index (χ0v) is 13.3. The van der Waals surface area contributed by atoms with Crippen molar-refractivity contribution in [2.75, 3.05) is 7.11 Å². The fraction of sp³-hybridized carbons (Fsp3) is 0.0500. The zero-order valence-electron chi connectivity index (χ0n) is 13.3. The molecule has 0 fully saturated rings. The molecule has 0 unspecified atom stereocenters. The number of furan rings is 1. The van der Waals surface area contributed by atoms with Gasteiger partial charge in [-0.2, -0.15) is 0 Å². The SMILES string of the molecule is COc1cc2c(cc1N=Cc1c(F)cccc1F)oc1ccccc12. The van der Waals surface area contributed by atoms with Gasteiger partial charge in [-0.3, -0.25) is 4.99 Å². The van der Waals surface area contributed by atoms with Crippen molar-refractivity contribution in [3.63, 3.8) is 0 Å². The summed E-state index contributed by atoms with van der Waals surface area (Å²) in [6.07, 6.45) is 1.15. The second-order valence-corrected chi connectivity index (χ2v) is 5.51. The highest BCUT2D eigenvalue weighted by molar-refractivity contribution is 6.06. The van der Waals surface area contributed by atoms with Gasteiger partial charge in [0.15, 0.2) is 0 Å². The topological polar surface area (TPSA) is 34.7 Å². The number of hydrogen-bond donors (Lipinski definition) is 0. The van der Waals surface area contributed by atoms with E-state index < -0.39 is 11.6 Å². The summed E-state index contributed by atoms with van der Waals surface area (Å²) >= 11 is 0. The lowest BCUT2D eigenvalue weighted by Gasteiger charge is -2.05. The van der Waals surface area contributed by atoms with E-state index >= 15 is 0 Å². The Morgan fingerprint density at radius 1 is 0.920 bits per heavy atom. The molecule has 0 aliphatic carbocycles. The van der Waals surface area contributed by atoms with Crippen molar-refractivity contribution in [1.82, 2.24) is 0 Å². The van der Waals surface area contributed by atoms with Crippen molar-refractivity contribution in [3.8, 4) is 5.75 Å². The van der Waals surface area contributed by atoms with E-state index in [2.05, 4.69) is 4.99 Å². The number of halogens is 2. The van der Waals surface area contributed by atoms with E-state index in [1.165, 1.54) is 25.3 Å². The summed E-state index contributed by atoms with van der Waals surface area (Å²) in [7, 11) is 1.52. The average Bonchev–Trinajstić information content (AvgIpc) is 2.98. The van der Waals surface area contributed by atoms with Gasteiger partial charge in [-0.05, 0) is 24.3 Å². The van der Waals surface area contributed by atoms with Crippen molar-refractivity contribution >= 4 is 33.8 Å². The van der Waals surface area contributed by atoms with Crippen LogP contribution in [-0.4, -0.2) is 13.3 Å². The number of ether oxygens (including phenoxy) is 1. The van der Waals surface area contributed by atoms with E-state index in [1.807, 2.05) is 30.3 Å². The second kappa shape index (κ2) is 6.02. The Balaban J connectivity index is 1.86. The molecule has 3 nitrogen and oxygen atoms in total. The van der Waals surface area contributed by atoms with E-state index in [4.69, 9.17) is 9.15 Å². The average molecular weight is 337 g/mol. The van der Waals surface area contributed by atoms with Gasteiger partial charge in [-0.1, -0.05) is 24.3 Å². The van der Waals surface area contributed by atoms with Gasteiger partial charge in [0, 0.05) is 23.1 Å². The first-order chi connectivity index (χ1) is 12.2. The maximum absolute atomic E-state index is 13.7. The molecule has 4 aromatic rings. The highest BCUT2D eigenvalue weighted by atomic mass is 19.1. The lowest BCUT2D eigenvalue weighted by molar-refractivity contribution is 0.416. The molecule has 0 amide bonds. The molecular weight excluding hydrogens is 324 g/mol. The maximum Gasteiger partial charge on any atom is 0.145 e. The Bertz CT molecular complexity index is 1100. The smallest absolute Gasteiger partial charge is 0.145 e. The van der Waals surface area contributed by atoms with E-state index in [9.17, 15) is 8.78 Å². The molecule has 0 atom stereocenters. The van der Waals surface area contributed by atoms with E-state index in [-0.39, 0.29) is 5.56 Å². The molecule has 124 valence electrons. The molecule has 1 heterocycles. The number of nitrogens with zero attached hydrogens (tertiary/aromatic N) is 1. The predicted molar refractivity (Wildman–Crippen MR) is 93.9 cm³/mol. The number of fused-ring (bicyclic) bond motifs is 3. The molecule has 0 bridgehead atoms. The first kappa shape index (κ1) is 15.3. The van der Waals surface area contributed by atoms with Gasteiger partial charge in [-0.25, -0.2) is 8.78 Å². The zero-order chi connectivity index (χ0) is 17.4. The number of aliphatic imine (C=N–C) groups is 1. The van der Waals surface area contributed by atoms with E-state index in [0.717, 1.165) is 22.6 Å². The standard InChI is InChI=1S/C20H13F2NO2/c1-24-20-9-13-12-5-2-3-8-18(12)25-19(13)10-17(20)23-11-14-15(21)6-4-7-16(14)22/h2-11H,1H3. The summed E-state index contributed by atoms with van der Waals surface area (Å²) in [6, 6.07) is 14.8. The molecule has 1 aromatic heterocycles. The van der Waals surface area contributed by atoms with Crippen LogP contribution in [0.25, 0.3) is 21.9 Å². The number of para-hydroxylation sites is 1. The molecule has 4 rings (SSSR count). The Morgan fingerprint density at radius 3 is 2.44 bits per heavy atom. The van der Waals surface area contributed by atoms with Gasteiger partial charge in [0.2, 0.25) is 0 Å². The molecule has 5 heteroatoms. The number of rotatable bonds is 3. The third-order valence-corrected chi connectivity index (χ3v) is 4.01. The lowest BCUT2D eigenvalue weighted by atomic mass is 10.1. The monoisotopic (exact) mass is 337 g/mol. The van der Waals surface area contributed by atoms with Crippen molar-refractivity contribution in [2.45, 2.75) is 0 Å². The van der Waals surface area contributed by atoms with Crippen LogP contribution in [0.1, 0.15) is 5.56 Å². The third kappa shape index (κ3) is 2.63. The van der Waals surface area contributed by atoms with Crippen LogP contribution in [0, 0.1) is 11.6 Å². The first-order valence-electron chi connectivity index (χ1n) is 7.65. The van der Waals surface area contributed by atoms with Crippen molar-refractivity contribution in [1.29, 1.82) is 0 Å².